The SMILES string of the molecule is Cc1[nH]c(C(=O)OCc2ccccc2)c(C(F)(F)F)c1C(=O)OC(C)(C)C. The fraction of sp³-hybridized carbons (Fsp3) is 0.368. The molecule has 2 aromatic rings. The minimum Gasteiger partial charge on any atom is -0.456 e. The lowest BCUT2D eigenvalue weighted by Crippen LogP contribution is -2.26. The number of esters is 2. The number of carbonyl (C=O) groups is 2. The van der Waals surface area contributed by atoms with Gasteiger partial charge in [0.25, 0.3) is 0 Å². The molecule has 0 saturated carbocycles. The van der Waals surface area contributed by atoms with Gasteiger partial charge >= 0.3 is 18.1 Å². The summed E-state index contributed by atoms with van der Waals surface area (Å²) in [6.45, 7) is 5.68. The second-order valence-electron chi connectivity index (χ2n) is 6.94. The monoisotopic (exact) mass is 383 g/mol. The first-order chi connectivity index (χ1) is 12.4. The molecule has 0 aliphatic carbocycles. The Morgan fingerprint density at radius 2 is 1.63 bits per heavy atom. The van der Waals surface area contributed by atoms with E-state index in [4.69, 9.17) is 9.47 Å². The first-order valence-electron chi connectivity index (χ1n) is 8.14. The molecule has 8 heteroatoms. The van der Waals surface area contributed by atoms with Crippen molar-refractivity contribution in [2.45, 2.75) is 46.1 Å². The minimum absolute atomic E-state index is 0.122. The number of carbonyl (C=O) groups excluding carboxylic acids is 2. The van der Waals surface area contributed by atoms with Gasteiger partial charge < -0.3 is 14.5 Å². The first-order valence-corrected chi connectivity index (χ1v) is 8.14. The van der Waals surface area contributed by atoms with E-state index in [0.29, 0.717) is 5.56 Å². The molecule has 0 saturated heterocycles. The minimum atomic E-state index is -4.95. The van der Waals surface area contributed by atoms with Crippen LogP contribution in [0, 0.1) is 6.92 Å². The van der Waals surface area contributed by atoms with E-state index in [1.165, 1.54) is 27.7 Å². The van der Waals surface area contributed by atoms with Crippen molar-refractivity contribution in [3.63, 3.8) is 0 Å². The van der Waals surface area contributed by atoms with Crippen LogP contribution in [0.2, 0.25) is 0 Å². The van der Waals surface area contributed by atoms with E-state index in [2.05, 4.69) is 4.98 Å². The zero-order valence-corrected chi connectivity index (χ0v) is 15.4. The predicted octanol–water partition coefficient (Wildman–Crippen LogP) is 4.65. The second kappa shape index (κ2) is 7.46. The van der Waals surface area contributed by atoms with E-state index < -0.39 is 40.5 Å². The van der Waals surface area contributed by atoms with Crippen molar-refractivity contribution < 1.29 is 32.2 Å². The Hall–Kier alpha value is -2.77. The van der Waals surface area contributed by atoms with Crippen LogP contribution in [0.15, 0.2) is 30.3 Å². The number of alkyl halides is 3. The molecule has 0 aliphatic rings. The van der Waals surface area contributed by atoms with Crippen molar-refractivity contribution in [3.05, 3.63) is 58.4 Å². The lowest BCUT2D eigenvalue weighted by molar-refractivity contribution is -0.138. The number of halogens is 3. The summed E-state index contributed by atoms with van der Waals surface area (Å²) in [6, 6.07) is 8.52. The van der Waals surface area contributed by atoms with Gasteiger partial charge in [-0.2, -0.15) is 13.2 Å². The van der Waals surface area contributed by atoms with Gasteiger partial charge in [-0.05, 0) is 33.3 Å². The largest absolute Gasteiger partial charge is 0.456 e. The predicted molar refractivity (Wildman–Crippen MR) is 91.3 cm³/mol. The summed E-state index contributed by atoms with van der Waals surface area (Å²) in [5.74, 6) is -2.37. The summed E-state index contributed by atoms with van der Waals surface area (Å²) in [7, 11) is 0. The van der Waals surface area contributed by atoms with Crippen LogP contribution in [0.1, 0.15) is 58.4 Å². The van der Waals surface area contributed by atoms with Crippen LogP contribution >= 0.6 is 0 Å². The van der Waals surface area contributed by atoms with Crippen LogP contribution in [-0.4, -0.2) is 22.5 Å². The highest BCUT2D eigenvalue weighted by molar-refractivity contribution is 5.99. The molecule has 146 valence electrons. The third kappa shape index (κ3) is 5.12. The molecule has 1 N–H and O–H groups in total. The number of nitrogens with one attached hydrogen (secondary N) is 1. The molecule has 0 amide bonds. The number of hydrogen-bond acceptors (Lipinski definition) is 4. The van der Waals surface area contributed by atoms with Gasteiger partial charge in [-0.15, -0.1) is 0 Å². The number of aromatic amines is 1. The molecular weight excluding hydrogens is 363 g/mol. The second-order valence-corrected chi connectivity index (χ2v) is 6.94. The fourth-order valence-corrected chi connectivity index (χ4v) is 2.44. The quantitative estimate of drug-likeness (QED) is 0.780. The third-order valence-electron chi connectivity index (χ3n) is 3.49. The first kappa shape index (κ1) is 20.5. The van der Waals surface area contributed by atoms with Crippen molar-refractivity contribution in [2.24, 2.45) is 0 Å². The van der Waals surface area contributed by atoms with E-state index in [9.17, 15) is 22.8 Å². The van der Waals surface area contributed by atoms with Crippen LogP contribution in [0.3, 0.4) is 0 Å². The Labute approximate surface area is 154 Å². The Balaban J connectivity index is 2.37. The lowest BCUT2D eigenvalue weighted by Gasteiger charge is -2.20. The van der Waals surface area contributed by atoms with Crippen LogP contribution in [0.5, 0.6) is 0 Å². The molecule has 2 rings (SSSR count). The number of rotatable bonds is 4. The molecule has 0 fully saturated rings. The topological polar surface area (TPSA) is 68.4 Å². The van der Waals surface area contributed by atoms with Gasteiger partial charge in [0.15, 0.2) is 0 Å². The maximum absolute atomic E-state index is 13.6. The van der Waals surface area contributed by atoms with Crippen molar-refractivity contribution in [1.82, 2.24) is 4.98 Å². The lowest BCUT2D eigenvalue weighted by atomic mass is 10.1. The Kier molecular flexibility index (Phi) is 5.67. The molecular formula is C19H20F3NO4. The number of ether oxygens (including phenoxy) is 2. The maximum Gasteiger partial charge on any atom is 0.419 e. The number of aryl methyl sites for hydroxylation is 1. The van der Waals surface area contributed by atoms with Crippen molar-refractivity contribution >= 4 is 11.9 Å². The number of benzene rings is 1. The van der Waals surface area contributed by atoms with Gasteiger partial charge in [-0.25, -0.2) is 9.59 Å². The normalized spacial score (nSPS) is 12.0. The number of H-pyrrole nitrogens is 1. The van der Waals surface area contributed by atoms with Crippen LogP contribution in [-0.2, 0) is 22.3 Å². The molecule has 27 heavy (non-hydrogen) atoms. The van der Waals surface area contributed by atoms with Crippen molar-refractivity contribution in [1.29, 1.82) is 0 Å². The number of hydrogen-bond donors (Lipinski definition) is 1. The summed E-state index contributed by atoms with van der Waals surface area (Å²) in [5, 5.41) is 0. The van der Waals surface area contributed by atoms with Gasteiger partial charge in [-0.3, -0.25) is 0 Å². The van der Waals surface area contributed by atoms with E-state index in [-0.39, 0.29) is 12.3 Å². The zero-order valence-electron chi connectivity index (χ0n) is 15.4. The van der Waals surface area contributed by atoms with Gasteiger partial charge in [0.05, 0.1) is 5.56 Å². The summed E-state index contributed by atoms with van der Waals surface area (Å²) in [6.07, 6.45) is -4.95. The van der Waals surface area contributed by atoms with E-state index >= 15 is 0 Å². The standard InChI is InChI=1S/C19H20F3NO4/c1-11-13(16(24)27-18(2,3)4)14(19(20,21)22)15(23-11)17(25)26-10-12-8-6-5-7-9-12/h5-9,23H,10H2,1-4H3. The molecule has 1 aromatic carbocycles. The molecule has 0 unspecified atom stereocenters. The summed E-state index contributed by atoms with van der Waals surface area (Å²) >= 11 is 0. The zero-order chi connectivity index (χ0) is 20.4. The summed E-state index contributed by atoms with van der Waals surface area (Å²) in [5.41, 5.74) is -3.41. The van der Waals surface area contributed by atoms with Crippen LogP contribution < -0.4 is 0 Å². The van der Waals surface area contributed by atoms with Crippen molar-refractivity contribution in [3.8, 4) is 0 Å². The molecule has 1 aromatic heterocycles. The summed E-state index contributed by atoms with van der Waals surface area (Å²) < 4.78 is 50.8. The average Bonchev–Trinajstić information content (AvgIpc) is 2.90. The van der Waals surface area contributed by atoms with Gasteiger partial charge in [-0.1, -0.05) is 30.3 Å². The highest BCUT2D eigenvalue weighted by Gasteiger charge is 2.44. The molecule has 0 spiro atoms. The maximum atomic E-state index is 13.6. The highest BCUT2D eigenvalue weighted by Crippen LogP contribution is 2.37. The third-order valence-corrected chi connectivity index (χ3v) is 3.49. The fourth-order valence-electron chi connectivity index (χ4n) is 2.44. The van der Waals surface area contributed by atoms with E-state index in [1.807, 2.05) is 0 Å². The van der Waals surface area contributed by atoms with Crippen LogP contribution in [0.25, 0.3) is 0 Å². The summed E-state index contributed by atoms with van der Waals surface area (Å²) in [4.78, 5) is 26.9. The number of aromatic nitrogens is 1. The molecule has 0 radical (unpaired) electrons. The van der Waals surface area contributed by atoms with Crippen molar-refractivity contribution in [2.75, 3.05) is 0 Å². The van der Waals surface area contributed by atoms with E-state index in [1.54, 1.807) is 30.3 Å². The molecule has 0 atom stereocenters. The molecule has 5 nitrogen and oxygen atoms in total. The average molecular weight is 383 g/mol. The molecule has 0 bridgehead atoms. The Bertz CT molecular complexity index is 833. The van der Waals surface area contributed by atoms with Crippen LogP contribution in [0.4, 0.5) is 13.2 Å². The Morgan fingerprint density at radius 3 is 2.15 bits per heavy atom. The highest BCUT2D eigenvalue weighted by atomic mass is 19.4. The van der Waals surface area contributed by atoms with Gasteiger partial charge in [0.1, 0.15) is 23.5 Å². The van der Waals surface area contributed by atoms with Gasteiger partial charge in [0, 0.05) is 5.69 Å². The smallest absolute Gasteiger partial charge is 0.419 e. The Morgan fingerprint density at radius 1 is 1.04 bits per heavy atom. The van der Waals surface area contributed by atoms with E-state index in [0.717, 1.165) is 0 Å². The molecule has 1 heterocycles. The van der Waals surface area contributed by atoms with Gasteiger partial charge in [0.2, 0.25) is 0 Å². The molecule has 0 aliphatic heterocycles.